The fraction of sp³-hybridized carbons (Fsp3) is 0.100. The van der Waals surface area contributed by atoms with Gasteiger partial charge in [-0.3, -0.25) is 4.99 Å². The molecule has 0 unspecified atom stereocenters. The Labute approximate surface area is 90.3 Å². The van der Waals surface area contributed by atoms with E-state index in [9.17, 15) is 13.2 Å². The van der Waals surface area contributed by atoms with E-state index >= 15 is 0 Å². The van der Waals surface area contributed by atoms with Crippen LogP contribution in [0.2, 0.25) is 0 Å². The average molecular weight is 229 g/mol. The van der Waals surface area contributed by atoms with Crippen LogP contribution in [0.25, 0.3) is 0 Å². The van der Waals surface area contributed by atoms with Gasteiger partial charge in [0.2, 0.25) is 0 Å². The minimum absolute atomic E-state index is 0.236. The van der Waals surface area contributed by atoms with Crippen molar-refractivity contribution in [2.75, 3.05) is 0 Å². The largest absolute Gasteiger partial charge is 0.416 e. The van der Waals surface area contributed by atoms with Crippen LogP contribution in [-0.4, -0.2) is 6.21 Å². The molecule has 0 saturated carbocycles. The summed E-state index contributed by atoms with van der Waals surface area (Å²) in [6.45, 7) is 0. The maximum absolute atomic E-state index is 12.2. The standard InChI is InChI=1S/C10H10F3N3/c11-10(12,13)7-1-3-9(4-2-7)16-6-8(15)5-14/h1-6H,14-15H2. The molecule has 0 aliphatic carbocycles. The molecular formula is C10H10F3N3. The van der Waals surface area contributed by atoms with Crippen LogP contribution in [0.5, 0.6) is 0 Å². The summed E-state index contributed by atoms with van der Waals surface area (Å²) in [5.41, 5.74) is 10.3. The number of hydrogen-bond donors (Lipinski definition) is 2. The molecular weight excluding hydrogens is 219 g/mol. The van der Waals surface area contributed by atoms with Gasteiger partial charge in [0.15, 0.2) is 0 Å². The minimum atomic E-state index is -4.33. The molecule has 0 heterocycles. The summed E-state index contributed by atoms with van der Waals surface area (Å²) in [6.07, 6.45) is -1.92. The molecule has 16 heavy (non-hydrogen) atoms. The Balaban J connectivity index is 2.84. The first kappa shape index (κ1) is 12.1. The van der Waals surface area contributed by atoms with Crippen LogP contribution in [0.3, 0.4) is 0 Å². The zero-order chi connectivity index (χ0) is 12.2. The van der Waals surface area contributed by atoms with E-state index in [-0.39, 0.29) is 5.70 Å². The van der Waals surface area contributed by atoms with Gasteiger partial charge in [0.05, 0.1) is 23.2 Å². The summed E-state index contributed by atoms with van der Waals surface area (Å²) in [5.74, 6) is 0. The van der Waals surface area contributed by atoms with Crippen LogP contribution in [-0.2, 0) is 6.18 Å². The number of aliphatic imine (C=N–C) groups is 1. The van der Waals surface area contributed by atoms with Crippen LogP contribution < -0.4 is 11.5 Å². The Morgan fingerprint density at radius 3 is 2.19 bits per heavy atom. The first-order valence-electron chi connectivity index (χ1n) is 4.32. The molecule has 0 saturated heterocycles. The summed E-state index contributed by atoms with van der Waals surface area (Å²) in [6, 6.07) is 4.41. The predicted molar refractivity (Wildman–Crippen MR) is 56.1 cm³/mol. The lowest BCUT2D eigenvalue weighted by molar-refractivity contribution is -0.137. The fourth-order valence-electron chi connectivity index (χ4n) is 0.929. The molecule has 0 aliphatic heterocycles. The number of halogens is 3. The van der Waals surface area contributed by atoms with Crippen molar-refractivity contribution in [1.82, 2.24) is 0 Å². The first-order valence-corrected chi connectivity index (χ1v) is 4.32. The first-order chi connectivity index (χ1) is 7.43. The van der Waals surface area contributed by atoms with Crippen LogP contribution >= 0.6 is 0 Å². The number of allylic oxidation sites excluding steroid dienone is 1. The second-order valence-corrected chi connectivity index (χ2v) is 2.97. The Kier molecular flexibility index (Phi) is 3.55. The van der Waals surface area contributed by atoms with Crippen LogP contribution in [0, 0.1) is 0 Å². The molecule has 0 aliphatic rings. The third kappa shape index (κ3) is 3.30. The summed E-state index contributed by atoms with van der Waals surface area (Å²) < 4.78 is 36.6. The Hall–Kier alpha value is -1.98. The lowest BCUT2D eigenvalue weighted by Crippen LogP contribution is -2.03. The summed E-state index contributed by atoms with van der Waals surface area (Å²) >= 11 is 0. The number of nitrogens with zero attached hydrogens (tertiary/aromatic N) is 1. The molecule has 3 nitrogen and oxygen atoms in total. The molecule has 0 bridgehead atoms. The summed E-state index contributed by atoms with van der Waals surface area (Å²) in [5, 5.41) is 0. The molecule has 1 rings (SSSR count). The highest BCUT2D eigenvalue weighted by molar-refractivity contribution is 5.79. The third-order valence-corrected chi connectivity index (χ3v) is 1.75. The van der Waals surface area contributed by atoms with Crippen molar-refractivity contribution in [2.45, 2.75) is 6.18 Å². The van der Waals surface area contributed by atoms with Crippen LogP contribution in [0.1, 0.15) is 5.56 Å². The zero-order valence-electron chi connectivity index (χ0n) is 8.20. The van der Waals surface area contributed by atoms with E-state index in [1.54, 1.807) is 0 Å². The molecule has 0 amide bonds. The van der Waals surface area contributed by atoms with E-state index in [0.717, 1.165) is 18.3 Å². The smallest absolute Gasteiger partial charge is 0.403 e. The zero-order valence-corrected chi connectivity index (χ0v) is 8.20. The normalized spacial score (nSPS) is 13.3. The molecule has 0 aromatic heterocycles. The number of hydrogen-bond acceptors (Lipinski definition) is 3. The molecule has 6 heteroatoms. The van der Waals surface area contributed by atoms with Gasteiger partial charge in [0, 0.05) is 6.20 Å². The molecule has 1 aromatic rings. The van der Waals surface area contributed by atoms with Crippen molar-refractivity contribution in [3.05, 3.63) is 41.7 Å². The molecule has 0 spiro atoms. The highest BCUT2D eigenvalue weighted by Gasteiger charge is 2.29. The minimum Gasteiger partial charge on any atom is -0.403 e. The molecule has 0 radical (unpaired) electrons. The van der Waals surface area contributed by atoms with Gasteiger partial charge in [-0.2, -0.15) is 13.2 Å². The topological polar surface area (TPSA) is 64.4 Å². The van der Waals surface area contributed by atoms with Gasteiger partial charge in [-0.1, -0.05) is 0 Å². The van der Waals surface area contributed by atoms with Gasteiger partial charge in [-0.15, -0.1) is 0 Å². The Morgan fingerprint density at radius 2 is 1.75 bits per heavy atom. The maximum atomic E-state index is 12.2. The van der Waals surface area contributed by atoms with E-state index in [0.29, 0.717) is 5.69 Å². The van der Waals surface area contributed by atoms with Crippen molar-refractivity contribution < 1.29 is 13.2 Å². The fourth-order valence-corrected chi connectivity index (χ4v) is 0.929. The second-order valence-electron chi connectivity index (χ2n) is 2.97. The van der Waals surface area contributed by atoms with E-state index in [1.165, 1.54) is 18.3 Å². The summed E-state index contributed by atoms with van der Waals surface area (Å²) in [7, 11) is 0. The second kappa shape index (κ2) is 4.69. The van der Waals surface area contributed by atoms with E-state index in [1.807, 2.05) is 0 Å². The van der Waals surface area contributed by atoms with Crippen molar-refractivity contribution in [2.24, 2.45) is 16.5 Å². The molecule has 0 fully saturated rings. The Morgan fingerprint density at radius 1 is 1.19 bits per heavy atom. The predicted octanol–water partition coefficient (Wildman–Crippen LogP) is 2.17. The van der Waals surface area contributed by atoms with Crippen molar-refractivity contribution in [3.63, 3.8) is 0 Å². The van der Waals surface area contributed by atoms with Gasteiger partial charge >= 0.3 is 6.18 Å². The van der Waals surface area contributed by atoms with Crippen LogP contribution in [0.4, 0.5) is 18.9 Å². The SMILES string of the molecule is NC=C(N)C=Nc1ccc(C(F)(F)F)cc1. The molecule has 4 N–H and O–H groups in total. The van der Waals surface area contributed by atoms with Gasteiger partial charge in [-0.05, 0) is 24.3 Å². The lowest BCUT2D eigenvalue weighted by Gasteiger charge is -2.05. The highest BCUT2D eigenvalue weighted by Crippen LogP contribution is 2.30. The monoisotopic (exact) mass is 229 g/mol. The molecule has 86 valence electrons. The van der Waals surface area contributed by atoms with Crippen molar-refractivity contribution in [3.8, 4) is 0 Å². The van der Waals surface area contributed by atoms with Gasteiger partial charge in [0.25, 0.3) is 0 Å². The van der Waals surface area contributed by atoms with Crippen molar-refractivity contribution >= 4 is 11.9 Å². The van der Waals surface area contributed by atoms with Gasteiger partial charge in [0.1, 0.15) is 0 Å². The Bertz CT molecular complexity index is 404. The number of nitrogens with two attached hydrogens (primary N) is 2. The van der Waals surface area contributed by atoms with Crippen molar-refractivity contribution in [1.29, 1.82) is 0 Å². The van der Waals surface area contributed by atoms with Crippen LogP contribution in [0.15, 0.2) is 41.2 Å². The van der Waals surface area contributed by atoms with E-state index in [2.05, 4.69) is 4.99 Å². The van der Waals surface area contributed by atoms with Gasteiger partial charge < -0.3 is 11.5 Å². The number of alkyl halides is 3. The highest BCUT2D eigenvalue weighted by atomic mass is 19.4. The summed E-state index contributed by atoms with van der Waals surface area (Å²) in [4.78, 5) is 3.83. The maximum Gasteiger partial charge on any atom is 0.416 e. The molecule has 1 aromatic carbocycles. The number of benzene rings is 1. The third-order valence-electron chi connectivity index (χ3n) is 1.75. The number of rotatable bonds is 2. The van der Waals surface area contributed by atoms with E-state index in [4.69, 9.17) is 11.5 Å². The quantitative estimate of drug-likeness (QED) is 0.763. The van der Waals surface area contributed by atoms with Gasteiger partial charge in [-0.25, -0.2) is 0 Å². The average Bonchev–Trinajstić information content (AvgIpc) is 2.25. The molecule has 0 atom stereocenters. The lowest BCUT2D eigenvalue weighted by atomic mass is 10.2. The van der Waals surface area contributed by atoms with E-state index < -0.39 is 11.7 Å².